The number of hydrogen-bond donors (Lipinski definition) is 1. The summed E-state index contributed by atoms with van der Waals surface area (Å²) in [5, 5.41) is 8.74. The van der Waals surface area contributed by atoms with Crippen molar-refractivity contribution in [3.63, 3.8) is 0 Å². The Hall–Kier alpha value is -2.61. The summed E-state index contributed by atoms with van der Waals surface area (Å²) in [6, 6.07) is 9.24. The molecule has 0 fully saturated rings. The first kappa shape index (κ1) is 11.9. The third-order valence-electron chi connectivity index (χ3n) is 2.26. The third kappa shape index (κ3) is 2.38. The van der Waals surface area contributed by atoms with Crippen LogP contribution in [0.5, 0.6) is 11.5 Å². The fourth-order valence-corrected chi connectivity index (χ4v) is 1.37. The second-order valence-corrected chi connectivity index (χ2v) is 3.54. The lowest BCUT2D eigenvalue weighted by atomic mass is 10.2. The quantitative estimate of drug-likeness (QED) is 0.827. The number of ether oxygens (including phenoxy) is 1. The van der Waals surface area contributed by atoms with Crippen LogP contribution in [0.3, 0.4) is 0 Å². The maximum Gasteiger partial charge on any atom is 0.168 e. The Bertz CT molecular complexity index is 635. The minimum atomic E-state index is -0.836. The van der Waals surface area contributed by atoms with Gasteiger partial charge in [-0.3, -0.25) is 0 Å². The standard InChI is InChI=1S/C13H8F2N2O/c14-9-2-4-12(10(15)6-9)18-13-5-8(7-16)1-3-11(13)17/h1-6H,17H2. The third-order valence-corrected chi connectivity index (χ3v) is 2.26. The number of nitrogens with zero attached hydrogens (tertiary/aromatic N) is 1. The number of anilines is 1. The first-order valence-electron chi connectivity index (χ1n) is 5.02. The second kappa shape index (κ2) is 4.72. The second-order valence-electron chi connectivity index (χ2n) is 3.54. The molecule has 2 aromatic rings. The Morgan fingerprint density at radius 1 is 1.06 bits per heavy atom. The van der Waals surface area contributed by atoms with Crippen molar-refractivity contribution >= 4 is 5.69 Å². The molecule has 2 N–H and O–H groups in total. The van der Waals surface area contributed by atoms with Crippen LogP contribution in [0.25, 0.3) is 0 Å². The number of benzene rings is 2. The van der Waals surface area contributed by atoms with Crippen molar-refractivity contribution in [2.75, 3.05) is 5.73 Å². The number of nitrogen functional groups attached to an aromatic ring is 1. The molecule has 18 heavy (non-hydrogen) atoms. The molecular weight excluding hydrogens is 238 g/mol. The van der Waals surface area contributed by atoms with Gasteiger partial charge in [-0.2, -0.15) is 5.26 Å². The van der Waals surface area contributed by atoms with Gasteiger partial charge in [0.05, 0.1) is 17.3 Å². The molecule has 2 rings (SSSR count). The monoisotopic (exact) mass is 246 g/mol. The molecule has 0 aliphatic carbocycles. The molecule has 0 aromatic heterocycles. The van der Waals surface area contributed by atoms with Crippen molar-refractivity contribution in [1.29, 1.82) is 5.26 Å². The molecule has 0 aliphatic rings. The van der Waals surface area contributed by atoms with E-state index in [0.29, 0.717) is 11.6 Å². The molecule has 0 heterocycles. The van der Waals surface area contributed by atoms with Gasteiger partial charge in [-0.15, -0.1) is 0 Å². The van der Waals surface area contributed by atoms with Gasteiger partial charge in [-0.25, -0.2) is 8.78 Å². The topological polar surface area (TPSA) is 59.0 Å². The number of hydrogen-bond acceptors (Lipinski definition) is 3. The van der Waals surface area contributed by atoms with Gasteiger partial charge in [0, 0.05) is 12.1 Å². The van der Waals surface area contributed by atoms with Gasteiger partial charge in [0.2, 0.25) is 0 Å². The summed E-state index contributed by atoms with van der Waals surface area (Å²) in [6.07, 6.45) is 0. The van der Waals surface area contributed by atoms with Crippen molar-refractivity contribution in [2.45, 2.75) is 0 Å². The van der Waals surface area contributed by atoms with Crippen LogP contribution in [0.4, 0.5) is 14.5 Å². The Morgan fingerprint density at radius 3 is 2.50 bits per heavy atom. The average molecular weight is 246 g/mol. The fourth-order valence-electron chi connectivity index (χ4n) is 1.37. The summed E-state index contributed by atoms with van der Waals surface area (Å²) < 4.78 is 31.3. The molecule has 0 atom stereocenters. The summed E-state index contributed by atoms with van der Waals surface area (Å²) in [5.74, 6) is -1.53. The molecule has 0 amide bonds. The van der Waals surface area contributed by atoms with Gasteiger partial charge >= 0.3 is 0 Å². The zero-order valence-electron chi connectivity index (χ0n) is 9.15. The maximum atomic E-state index is 13.4. The highest BCUT2D eigenvalue weighted by atomic mass is 19.1. The van der Waals surface area contributed by atoms with Crippen molar-refractivity contribution in [1.82, 2.24) is 0 Å². The number of rotatable bonds is 2. The molecule has 2 aromatic carbocycles. The average Bonchev–Trinajstić information content (AvgIpc) is 2.35. The van der Waals surface area contributed by atoms with Gasteiger partial charge in [0.1, 0.15) is 5.82 Å². The van der Waals surface area contributed by atoms with Gasteiger partial charge in [0.25, 0.3) is 0 Å². The van der Waals surface area contributed by atoms with Gasteiger partial charge in [-0.05, 0) is 24.3 Å². The smallest absolute Gasteiger partial charge is 0.168 e. The number of halogens is 2. The Labute approximate surface area is 102 Å². The van der Waals surface area contributed by atoms with Crippen molar-refractivity contribution in [3.05, 3.63) is 53.6 Å². The van der Waals surface area contributed by atoms with Crippen molar-refractivity contribution < 1.29 is 13.5 Å². The lowest BCUT2D eigenvalue weighted by Crippen LogP contribution is -1.95. The van der Waals surface area contributed by atoms with E-state index in [-0.39, 0.29) is 17.2 Å². The molecule has 0 bridgehead atoms. The van der Waals surface area contributed by atoms with Gasteiger partial charge < -0.3 is 10.5 Å². The number of nitrogens with two attached hydrogens (primary N) is 1. The van der Waals surface area contributed by atoms with E-state index in [1.165, 1.54) is 18.2 Å². The predicted molar refractivity (Wildman–Crippen MR) is 62.0 cm³/mol. The van der Waals surface area contributed by atoms with Gasteiger partial charge in [-0.1, -0.05) is 0 Å². The maximum absolute atomic E-state index is 13.4. The van der Waals surface area contributed by atoms with Crippen LogP contribution >= 0.6 is 0 Å². The lowest BCUT2D eigenvalue weighted by Gasteiger charge is -2.09. The molecular formula is C13H8F2N2O. The number of nitriles is 1. The van der Waals surface area contributed by atoms with Crippen LogP contribution < -0.4 is 10.5 Å². The molecule has 3 nitrogen and oxygen atoms in total. The van der Waals surface area contributed by atoms with Gasteiger partial charge in [0.15, 0.2) is 17.3 Å². The molecule has 0 unspecified atom stereocenters. The van der Waals surface area contributed by atoms with Crippen LogP contribution in [0.2, 0.25) is 0 Å². The molecule has 5 heteroatoms. The largest absolute Gasteiger partial charge is 0.452 e. The highest BCUT2D eigenvalue weighted by Gasteiger charge is 2.09. The molecule has 0 radical (unpaired) electrons. The zero-order valence-corrected chi connectivity index (χ0v) is 9.15. The van der Waals surface area contributed by atoms with Crippen LogP contribution in [0.15, 0.2) is 36.4 Å². The first-order valence-corrected chi connectivity index (χ1v) is 5.02. The van der Waals surface area contributed by atoms with E-state index < -0.39 is 11.6 Å². The van der Waals surface area contributed by atoms with Crippen LogP contribution in [0.1, 0.15) is 5.56 Å². The van der Waals surface area contributed by atoms with E-state index in [9.17, 15) is 8.78 Å². The lowest BCUT2D eigenvalue weighted by molar-refractivity contribution is 0.439. The minimum absolute atomic E-state index is 0.152. The van der Waals surface area contributed by atoms with E-state index in [1.54, 1.807) is 0 Å². The molecule has 0 saturated carbocycles. The van der Waals surface area contributed by atoms with Crippen molar-refractivity contribution in [3.8, 4) is 17.6 Å². The Morgan fingerprint density at radius 2 is 1.83 bits per heavy atom. The minimum Gasteiger partial charge on any atom is -0.452 e. The Kier molecular flexibility index (Phi) is 3.11. The van der Waals surface area contributed by atoms with E-state index in [2.05, 4.69) is 0 Å². The van der Waals surface area contributed by atoms with Crippen LogP contribution in [-0.2, 0) is 0 Å². The molecule has 0 saturated heterocycles. The zero-order chi connectivity index (χ0) is 13.1. The molecule has 90 valence electrons. The van der Waals surface area contributed by atoms with E-state index >= 15 is 0 Å². The molecule has 0 spiro atoms. The van der Waals surface area contributed by atoms with E-state index in [4.69, 9.17) is 15.7 Å². The van der Waals surface area contributed by atoms with E-state index in [0.717, 1.165) is 12.1 Å². The molecule has 0 aliphatic heterocycles. The summed E-state index contributed by atoms with van der Waals surface area (Å²) in [4.78, 5) is 0. The summed E-state index contributed by atoms with van der Waals surface area (Å²) in [6.45, 7) is 0. The summed E-state index contributed by atoms with van der Waals surface area (Å²) >= 11 is 0. The van der Waals surface area contributed by atoms with E-state index in [1.807, 2.05) is 6.07 Å². The first-order chi connectivity index (χ1) is 8.60. The van der Waals surface area contributed by atoms with Crippen LogP contribution in [-0.4, -0.2) is 0 Å². The normalized spacial score (nSPS) is 9.83. The van der Waals surface area contributed by atoms with Crippen LogP contribution in [0, 0.1) is 23.0 Å². The highest BCUT2D eigenvalue weighted by molar-refractivity contribution is 5.57. The van der Waals surface area contributed by atoms with Crippen molar-refractivity contribution in [2.24, 2.45) is 0 Å². The summed E-state index contributed by atoms with van der Waals surface area (Å²) in [7, 11) is 0. The predicted octanol–water partition coefficient (Wildman–Crippen LogP) is 3.21. The Balaban J connectivity index is 2.37. The SMILES string of the molecule is N#Cc1ccc(N)c(Oc2ccc(F)cc2F)c1. The summed E-state index contributed by atoms with van der Waals surface area (Å²) in [5.41, 5.74) is 6.24. The fraction of sp³-hybridized carbons (Fsp3) is 0. The highest BCUT2D eigenvalue weighted by Crippen LogP contribution is 2.30.